The fourth-order valence-corrected chi connectivity index (χ4v) is 8.46. The molecule has 1 saturated heterocycles. The van der Waals surface area contributed by atoms with Crippen molar-refractivity contribution in [2.24, 2.45) is 0 Å². The fraction of sp³-hybridized carbons (Fsp3) is 0.941. The summed E-state index contributed by atoms with van der Waals surface area (Å²) in [6.07, 6.45) is 38.3. The lowest BCUT2D eigenvalue weighted by Gasteiger charge is -2.40. The summed E-state index contributed by atoms with van der Waals surface area (Å²) in [5, 5.41) is 65.0. The molecule has 0 aromatic rings. The van der Waals surface area contributed by atoms with Crippen LogP contribution < -0.4 is 5.32 Å². The maximum absolute atomic E-state index is 13.1. The van der Waals surface area contributed by atoms with Gasteiger partial charge in [-0.2, -0.15) is 0 Å². The van der Waals surface area contributed by atoms with Gasteiger partial charge >= 0.3 is 0 Å². The first-order chi connectivity index (χ1) is 29.8. The Kier molecular flexibility index (Phi) is 39.5. The molecule has 8 unspecified atom stereocenters. The summed E-state index contributed by atoms with van der Waals surface area (Å²) in [4.78, 5) is 13.1. The first kappa shape index (κ1) is 57.9. The molecule has 0 spiro atoms. The summed E-state index contributed by atoms with van der Waals surface area (Å²) in [6.45, 7) is 3.69. The van der Waals surface area contributed by atoms with Crippen LogP contribution in [0.1, 0.15) is 245 Å². The van der Waals surface area contributed by atoms with Crippen molar-refractivity contribution >= 4 is 5.91 Å². The maximum atomic E-state index is 13.1. The number of carbonyl (C=O) groups is 1. The van der Waals surface area contributed by atoms with Gasteiger partial charge in [-0.25, -0.2) is 0 Å². The lowest BCUT2D eigenvalue weighted by molar-refractivity contribution is -0.302. The van der Waals surface area contributed by atoms with Gasteiger partial charge in [-0.05, 0) is 38.5 Å². The van der Waals surface area contributed by atoms with Gasteiger partial charge in [0, 0.05) is 0 Å². The summed E-state index contributed by atoms with van der Waals surface area (Å²) < 4.78 is 11.2. The quantitative estimate of drug-likeness (QED) is 0.0233. The van der Waals surface area contributed by atoms with Crippen molar-refractivity contribution in [3.05, 3.63) is 12.2 Å². The number of aliphatic hydroxyl groups is 6. The first-order valence-electron chi connectivity index (χ1n) is 26.0. The Labute approximate surface area is 374 Å². The Morgan fingerprint density at radius 1 is 0.541 bits per heavy atom. The van der Waals surface area contributed by atoms with Gasteiger partial charge in [0.15, 0.2) is 6.29 Å². The van der Waals surface area contributed by atoms with Crippen molar-refractivity contribution in [2.45, 2.75) is 294 Å². The van der Waals surface area contributed by atoms with Crippen LogP contribution in [0.25, 0.3) is 0 Å². The van der Waals surface area contributed by atoms with Crippen LogP contribution in [-0.2, 0) is 14.3 Å². The largest absolute Gasteiger partial charge is 0.394 e. The number of amides is 1. The zero-order chi connectivity index (χ0) is 44.6. The third-order valence-electron chi connectivity index (χ3n) is 12.7. The molecule has 0 radical (unpaired) electrons. The van der Waals surface area contributed by atoms with E-state index >= 15 is 0 Å². The van der Waals surface area contributed by atoms with Gasteiger partial charge in [0.1, 0.15) is 30.5 Å². The number of hydrogen-bond acceptors (Lipinski definition) is 9. The summed E-state index contributed by atoms with van der Waals surface area (Å²) in [7, 11) is 0. The van der Waals surface area contributed by atoms with Gasteiger partial charge in [-0.15, -0.1) is 0 Å². The monoisotopic (exact) mass is 870 g/mol. The summed E-state index contributed by atoms with van der Waals surface area (Å²) in [5.41, 5.74) is 0. The van der Waals surface area contributed by atoms with E-state index in [2.05, 4.69) is 31.3 Å². The van der Waals surface area contributed by atoms with E-state index in [4.69, 9.17) is 9.47 Å². The number of allylic oxidation sites excluding steroid dienone is 2. The molecule has 1 rings (SSSR count). The van der Waals surface area contributed by atoms with Gasteiger partial charge in [0.05, 0.1) is 25.4 Å². The number of unbranched alkanes of at least 4 members (excludes halogenated alkanes) is 31. The van der Waals surface area contributed by atoms with Crippen molar-refractivity contribution in [2.75, 3.05) is 13.2 Å². The van der Waals surface area contributed by atoms with Gasteiger partial charge in [0.2, 0.25) is 5.91 Å². The van der Waals surface area contributed by atoms with E-state index in [1.807, 2.05) is 0 Å². The molecular weight excluding hydrogens is 771 g/mol. The molecule has 1 aliphatic rings. The van der Waals surface area contributed by atoms with Crippen LogP contribution in [0.4, 0.5) is 0 Å². The number of nitrogens with one attached hydrogen (secondary N) is 1. The van der Waals surface area contributed by atoms with Crippen molar-refractivity contribution in [3.8, 4) is 0 Å². The molecule has 8 atom stereocenters. The van der Waals surface area contributed by atoms with Crippen molar-refractivity contribution in [3.63, 3.8) is 0 Å². The maximum Gasteiger partial charge on any atom is 0.249 e. The molecule has 0 aliphatic carbocycles. The van der Waals surface area contributed by atoms with E-state index in [0.717, 1.165) is 57.8 Å². The van der Waals surface area contributed by atoms with Gasteiger partial charge < -0.3 is 45.4 Å². The average molecular weight is 870 g/mol. The molecule has 10 nitrogen and oxygen atoms in total. The van der Waals surface area contributed by atoms with E-state index in [9.17, 15) is 35.4 Å². The standard InChI is InChI=1S/C51H99NO9/c1-3-5-7-9-11-13-15-17-19-21-22-24-26-28-30-32-34-36-38-40-45(55)50(59)52-43(42-60-51-49(58)48(57)47(56)46(41-53)61-51)44(54)39-37-35-33-31-29-27-25-23-20-18-16-14-12-10-8-6-4-2/h22,24,43-49,51,53-58H,3-21,23,25-42H2,1-2H3,(H,52,59)/b24-22-. The Bertz CT molecular complexity index is 984. The second kappa shape index (κ2) is 41.6. The molecule has 0 aromatic heterocycles. The SMILES string of the molecule is CCCCCCCCCCC/C=C\CCCCCCCCC(O)C(=O)NC(COC1OC(CO)C(O)C(O)C1O)C(O)CCCCCCCCCCCCCCCCCCC. The molecular formula is C51H99NO9. The zero-order valence-electron chi connectivity index (χ0n) is 39.6. The molecule has 0 aromatic carbocycles. The molecule has 1 heterocycles. The molecule has 61 heavy (non-hydrogen) atoms. The highest BCUT2D eigenvalue weighted by Gasteiger charge is 2.44. The third kappa shape index (κ3) is 31.4. The van der Waals surface area contributed by atoms with E-state index in [1.54, 1.807) is 0 Å². The smallest absolute Gasteiger partial charge is 0.249 e. The number of rotatable bonds is 44. The van der Waals surface area contributed by atoms with Crippen LogP contribution in [0, 0.1) is 0 Å². The second-order valence-electron chi connectivity index (χ2n) is 18.5. The molecule has 7 N–H and O–H groups in total. The average Bonchev–Trinajstić information content (AvgIpc) is 3.26. The molecule has 362 valence electrons. The Morgan fingerprint density at radius 2 is 0.918 bits per heavy atom. The minimum atomic E-state index is -1.60. The summed E-state index contributed by atoms with van der Waals surface area (Å²) in [6, 6.07) is -0.894. The first-order valence-corrected chi connectivity index (χ1v) is 26.0. The highest BCUT2D eigenvalue weighted by molar-refractivity contribution is 5.80. The summed E-state index contributed by atoms with van der Waals surface area (Å²) in [5.74, 6) is -0.585. The van der Waals surface area contributed by atoms with E-state index < -0.39 is 61.5 Å². The topological polar surface area (TPSA) is 169 Å². The van der Waals surface area contributed by atoms with Crippen LogP contribution in [0.15, 0.2) is 12.2 Å². The molecule has 0 bridgehead atoms. The molecule has 1 fully saturated rings. The van der Waals surface area contributed by atoms with E-state index in [0.29, 0.717) is 12.8 Å². The molecule has 1 aliphatic heterocycles. The van der Waals surface area contributed by atoms with Crippen LogP contribution in [-0.4, -0.2) is 98.7 Å². The number of hydrogen-bond donors (Lipinski definition) is 7. The van der Waals surface area contributed by atoms with E-state index in [1.165, 1.54) is 161 Å². The van der Waals surface area contributed by atoms with Crippen molar-refractivity contribution in [1.82, 2.24) is 5.32 Å². The Hall–Kier alpha value is -1.11. The molecule has 10 heteroatoms. The van der Waals surface area contributed by atoms with Gasteiger partial charge in [0.25, 0.3) is 0 Å². The predicted molar refractivity (Wildman–Crippen MR) is 250 cm³/mol. The minimum absolute atomic E-state index is 0.254. The van der Waals surface area contributed by atoms with Crippen LogP contribution >= 0.6 is 0 Å². The highest BCUT2D eigenvalue weighted by atomic mass is 16.7. The highest BCUT2D eigenvalue weighted by Crippen LogP contribution is 2.23. The van der Waals surface area contributed by atoms with Gasteiger partial charge in [-0.3, -0.25) is 4.79 Å². The third-order valence-corrected chi connectivity index (χ3v) is 12.7. The zero-order valence-corrected chi connectivity index (χ0v) is 39.6. The van der Waals surface area contributed by atoms with Crippen LogP contribution in [0.3, 0.4) is 0 Å². The number of ether oxygens (including phenoxy) is 2. The van der Waals surface area contributed by atoms with Crippen LogP contribution in [0.2, 0.25) is 0 Å². The van der Waals surface area contributed by atoms with Gasteiger partial charge in [-0.1, -0.05) is 219 Å². The Morgan fingerprint density at radius 3 is 1.33 bits per heavy atom. The Balaban J connectivity index is 2.33. The van der Waals surface area contributed by atoms with Crippen molar-refractivity contribution < 1.29 is 44.9 Å². The normalized spacial score (nSPS) is 21.0. The van der Waals surface area contributed by atoms with E-state index in [-0.39, 0.29) is 6.61 Å². The second-order valence-corrected chi connectivity index (χ2v) is 18.5. The lowest BCUT2D eigenvalue weighted by Crippen LogP contribution is -2.60. The lowest BCUT2D eigenvalue weighted by atomic mass is 9.99. The molecule has 1 amide bonds. The number of aliphatic hydroxyl groups excluding tert-OH is 6. The van der Waals surface area contributed by atoms with Crippen LogP contribution in [0.5, 0.6) is 0 Å². The molecule has 0 saturated carbocycles. The fourth-order valence-electron chi connectivity index (χ4n) is 8.46. The number of carbonyl (C=O) groups excluding carboxylic acids is 1. The minimum Gasteiger partial charge on any atom is -0.394 e. The predicted octanol–water partition coefficient (Wildman–Crippen LogP) is 10.6. The summed E-state index contributed by atoms with van der Waals surface area (Å²) >= 11 is 0. The van der Waals surface area contributed by atoms with Crippen molar-refractivity contribution in [1.29, 1.82) is 0 Å².